The van der Waals surface area contributed by atoms with Gasteiger partial charge >= 0.3 is 5.97 Å². The lowest BCUT2D eigenvalue weighted by atomic mass is 9.97. The maximum absolute atomic E-state index is 13.4. The molecule has 1 aromatic heterocycles. The van der Waals surface area contributed by atoms with Crippen LogP contribution < -0.4 is 0 Å². The number of benzene rings is 4. The monoisotopic (exact) mass is 488 g/mol. The highest BCUT2D eigenvalue weighted by molar-refractivity contribution is 6.45. The number of Topliss-reactive ketones (excluding diaryl/α,β-unsaturated/α-hetero) is 1. The highest BCUT2D eigenvalue weighted by Crippen LogP contribution is 2.34. The van der Waals surface area contributed by atoms with Crippen molar-refractivity contribution in [2.24, 2.45) is 5.16 Å². The highest BCUT2D eigenvalue weighted by Gasteiger charge is 2.19. The van der Waals surface area contributed by atoms with Crippen LogP contribution in [0.1, 0.15) is 45.7 Å². The number of aromatic nitrogens is 1. The fourth-order valence-corrected chi connectivity index (χ4v) is 4.53. The number of ketones is 2. The van der Waals surface area contributed by atoms with E-state index in [4.69, 9.17) is 0 Å². The first-order valence-electron chi connectivity index (χ1n) is 11.9. The third-order valence-corrected chi connectivity index (χ3v) is 6.33. The summed E-state index contributed by atoms with van der Waals surface area (Å²) in [6, 6.07) is 28.5. The molecule has 0 fully saturated rings. The number of fused-ring (bicyclic) bond motifs is 3. The van der Waals surface area contributed by atoms with Crippen molar-refractivity contribution in [3.63, 3.8) is 0 Å². The van der Waals surface area contributed by atoms with Crippen LogP contribution >= 0.6 is 0 Å². The molecule has 0 aliphatic rings. The quantitative estimate of drug-likeness (QED) is 0.119. The van der Waals surface area contributed by atoms with Gasteiger partial charge in [-0.25, -0.2) is 4.79 Å². The number of hydrogen-bond donors (Lipinski definition) is 0. The lowest BCUT2D eigenvalue weighted by Gasteiger charge is -2.08. The van der Waals surface area contributed by atoms with Crippen molar-refractivity contribution in [1.82, 2.24) is 4.57 Å². The van der Waals surface area contributed by atoms with Crippen LogP contribution in [-0.4, -0.2) is 27.8 Å². The highest BCUT2D eigenvalue weighted by atomic mass is 16.7. The Morgan fingerprint density at radius 1 is 0.730 bits per heavy atom. The van der Waals surface area contributed by atoms with Crippen LogP contribution in [0.3, 0.4) is 0 Å². The fraction of sp³-hybridized carbons (Fsp3) is 0.0968. The molecule has 0 aliphatic heterocycles. The largest absolute Gasteiger partial charge is 0.331 e. The average Bonchev–Trinajstić information content (AvgIpc) is 3.24. The number of rotatable bonds is 6. The van der Waals surface area contributed by atoms with Crippen molar-refractivity contribution >= 4 is 45.1 Å². The van der Waals surface area contributed by atoms with Crippen LogP contribution in [0.4, 0.5) is 0 Å². The summed E-state index contributed by atoms with van der Waals surface area (Å²) in [7, 11) is 0. The normalized spacial score (nSPS) is 11.6. The second-order valence-corrected chi connectivity index (χ2v) is 8.87. The Morgan fingerprint density at radius 2 is 1.32 bits per heavy atom. The molecule has 0 saturated heterocycles. The first kappa shape index (κ1) is 23.9. The van der Waals surface area contributed by atoms with Gasteiger partial charge in [0, 0.05) is 40.1 Å². The molecule has 182 valence electrons. The number of hydrogen-bond acceptors (Lipinski definition) is 5. The summed E-state index contributed by atoms with van der Waals surface area (Å²) < 4.78 is 2.11. The van der Waals surface area contributed by atoms with E-state index in [-0.39, 0.29) is 17.3 Å². The number of oxime groups is 1. The molecule has 0 spiro atoms. The van der Waals surface area contributed by atoms with E-state index in [1.54, 1.807) is 12.1 Å². The van der Waals surface area contributed by atoms with Gasteiger partial charge in [-0.1, -0.05) is 47.6 Å². The molecule has 0 amide bonds. The van der Waals surface area contributed by atoms with Gasteiger partial charge in [-0.3, -0.25) is 9.59 Å². The molecule has 0 radical (unpaired) electrons. The molecule has 5 aromatic rings. The number of carbonyl (C=O) groups excluding carboxylic acids is 3. The zero-order valence-corrected chi connectivity index (χ0v) is 20.7. The molecule has 0 unspecified atom stereocenters. The number of carbonyl (C=O) groups is 3. The smallest absolute Gasteiger partial charge is 0.318 e. The van der Waals surface area contributed by atoms with E-state index in [1.807, 2.05) is 85.8 Å². The van der Waals surface area contributed by atoms with Gasteiger partial charge in [0.2, 0.25) is 5.78 Å². The second kappa shape index (κ2) is 9.66. The predicted octanol–water partition coefficient (Wildman–Crippen LogP) is 6.44. The molecule has 6 nitrogen and oxygen atoms in total. The van der Waals surface area contributed by atoms with Crippen molar-refractivity contribution in [3.8, 4) is 5.69 Å². The molecule has 5 rings (SSSR count). The lowest BCUT2D eigenvalue weighted by Crippen LogP contribution is -2.11. The van der Waals surface area contributed by atoms with Crippen molar-refractivity contribution in [1.29, 1.82) is 0 Å². The standard InChI is InChI=1S/C31H24N2O4/c1-19-9-7-8-12-25(19)31(36)23-14-16-29-27(18-23)26-17-22(30(35)20(2)32-37-21(3)34)13-15-28(26)33(29)24-10-5-4-6-11-24/h4-18H,1-3H3/b32-20+. The molecule has 0 saturated carbocycles. The Labute approximate surface area is 213 Å². The summed E-state index contributed by atoms with van der Waals surface area (Å²) in [4.78, 5) is 42.2. The zero-order chi connectivity index (χ0) is 26.1. The Hall–Kier alpha value is -4.84. The Kier molecular flexibility index (Phi) is 6.24. The fourth-order valence-electron chi connectivity index (χ4n) is 4.53. The van der Waals surface area contributed by atoms with Crippen LogP contribution in [0.15, 0.2) is 96.2 Å². The Morgan fingerprint density at radius 3 is 1.97 bits per heavy atom. The van der Waals surface area contributed by atoms with Crippen LogP contribution in [0.5, 0.6) is 0 Å². The van der Waals surface area contributed by atoms with E-state index >= 15 is 0 Å². The van der Waals surface area contributed by atoms with Crippen molar-refractivity contribution < 1.29 is 19.2 Å². The molecular formula is C31H24N2O4. The molecule has 0 bridgehead atoms. The van der Waals surface area contributed by atoms with Crippen molar-refractivity contribution in [2.75, 3.05) is 0 Å². The van der Waals surface area contributed by atoms with Crippen LogP contribution in [0, 0.1) is 6.92 Å². The minimum atomic E-state index is -0.598. The maximum atomic E-state index is 13.4. The van der Waals surface area contributed by atoms with Gasteiger partial charge in [-0.2, -0.15) is 0 Å². The molecule has 0 atom stereocenters. The maximum Gasteiger partial charge on any atom is 0.331 e. The third-order valence-electron chi connectivity index (χ3n) is 6.33. The first-order chi connectivity index (χ1) is 17.8. The van der Waals surface area contributed by atoms with Crippen LogP contribution in [-0.2, 0) is 9.63 Å². The van der Waals surface area contributed by atoms with Crippen molar-refractivity contribution in [3.05, 3.63) is 113 Å². The molecule has 0 N–H and O–H groups in total. The number of nitrogens with zero attached hydrogens (tertiary/aromatic N) is 2. The second-order valence-electron chi connectivity index (χ2n) is 8.87. The van der Waals surface area contributed by atoms with E-state index in [0.717, 1.165) is 33.1 Å². The third kappa shape index (κ3) is 4.45. The number of aryl methyl sites for hydroxylation is 1. The van der Waals surface area contributed by atoms with E-state index in [2.05, 4.69) is 14.6 Å². The predicted molar refractivity (Wildman–Crippen MR) is 145 cm³/mol. The van der Waals surface area contributed by atoms with Gasteiger partial charge in [-0.15, -0.1) is 0 Å². The molecule has 4 aromatic carbocycles. The summed E-state index contributed by atoms with van der Waals surface area (Å²) in [5.41, 5.74) is 5.38. The van der Waals surface area contributed by atoms with Gasteiger partial charge in [0.1, 0.15) is 5.71 Å². The van der Waals surface area contributed by atoms with E-state index in [0.29, 0.717) is 16.7 Å². The zero-order valence-electron chi connectivity index (χ0n) is 20.7. The lowest BCUT2D eigenvalue weighted by molar-refractivity contribution is -0.140. The molecule has 0 aliphatic carbocycles. The summed E-state index contributed by atoms with van der Waals surface area (Å²) in [5, 5.41) is 5.32. The summed E-state index contributed by atoms with van der Waals surface area (Å²) in [5.74, 6) is -1.01. The topological polar surface area (TPSA) is 77.7 Å². The number of para-hydroxylation sites is 1. The van der Waals surface area contributed by atoms with E-state index < -0.39 is 5.97 Å². The van der Waals surface area contributed by atoms with Crippen LogP contribution in [0.2, 0.25) is 0 Å². The van der Waals surface area contributed by atoms with Gasteiger partial charge in [0.05, 0.1) is 11.0 Å². The molecule has 1 heterocycles. The first-order valence-corrected chi connectivity index (χ1v) is 11.9. The SMILES string of the molecule is CC(=O)O/N=C(\C)C(=O)c1ccc2c(c1)c1cc(C(=O)c3ccccc3C)ccc1n2-c1ccccc1. The summed E-state index contributed by atoms with van der Waals surface area (Å²) in [6.07, 6.45) is 0. The van der Waals surface area contributed by atoms with Gasteiger partial charge in [0.15, 0.2) is 5.78 Å². The summed E-state index contributed by atoms with van der Waals surface area (Å²) >= 11 is 0. The Balaban J connectivity index is 1.72. The minimum absolute atomic E-state index is 0.0581. The van der Waals surface area contributed by atoms with Gasteiger partial charge < -0.3 is 9.40 Å². The molecule has 37 heavy (non-hydrogen) atoms. The molecule has 6 heteroatoms. The summed E-state index contributed by atoms with van der Waals surface area (Å²) in [6.45, 7) is 4.65. The Bertz CT molecular complexity index is 1730. The average molecular weight is 489 g/mol. The van der Waals surface area contributed by atoms with E-state index in [9.17, 15) is 14.4 Å². The van der Waals surface area contributed by atoms with Gasteiger partial charge in [-0.05, 0) is 67.9 Å². The van der Waals surface area contributed by atoms with Gasteiger partial charge in [0.25, 0.3) is 0 Å². The van der Waals surface area contributed by atoms with Crippen molar-refractivity contribution in [2.45, 2.75) is 20.8 Å². The molecular weight excluding hydrogens is 464 g/mol. The van der Waals surface area contributed by atoms with Crippen LogP contribution in [0.25, 0.3) is 27.5 Å². The van der Waals surface area contributed by atoms with E-state index in [1.165, 1.54) is 13.8 Å². The minimum Gasteiger partial charge on any atom is -0.318 e.